The number of hydrazine groups is 1. The molecular formula is C18H26N2O. The van der Waals surface area contributed by atoms with E-state index in [2.05, 4.69) is 43.5 Å². The number of hydrogen-bond acceptors (Lipinski definition) is 3. The van der Waals surface area contributed by atoms with E-state index >= 15 is 0 Å². The Bertz CT molecular complexity index is 604. The van der Waals surface area contributed by atoms with Crippen LogP contribution in [-0.2, 0) is 0 Å². The molecule has 1 saturated carbocycles. The highest BCUT2D eigenvalue weighted by atomic mass is 16.3. The van der Waals surface area contributed by atoms with Crippen LogP contribution in [0.1, 0.15) is 56.4 Å². The van der Waals surface area contributed by atoms with Gasteiger partial charge in [-0.2, -0.15) is 0 Å². The minimum atomic E-state index is 0.132. The lowest BCUT2D eigenvalue weighted by Gasteiger charge is -2.33. The van der Waals surface area contributed by atoms with Gasteiger partial charge in [0.1, 0.15) is 11.3 Å². The Morgan fingerprint density at radius 3 is 2.95 bits per heavy atom. The molecule has 1 aliphatic rings. The van der Waals surface area contributed by atoms with Gasteiger partial charge in [-0.15, -0.1) is 0 Å². The van der Waals surface area contributed by atoms with Crippen molar-refractivity contribution in [1.82, 2.24) is 5.43 Å². The first-order valence-electron chi connectivity index (χ1n) is 8.17. The summed E-state index contributed by atoms with van der Waals surface area (Å²) in [4.78, 5) is 0. The Labute approximate surface area is 126 Å². The van der Waals surface area contributed by atoms with Crippen LogP contribution in [0.25, 0.3) is 11.0 Å². The minimum Gasteiger partial charge on any atom is -0.459 e. The summed E-state index contributed by atoms with van der Waals surface area (Å²) in [6.45, 7) is 4.40. The SMILES string of the molecule is CCC1CCCC(C(NN)c2cc3cc(C)ccc3o2)C1. The quantitative estimate of drug-likeness (QED) is 0.644. The number of aryl methyl sites for hydroxylation is 1. The molecule has 3 unspecified atom stereocenters. The first kappa shape index (κ1) is 14.6. The predicted octanol–water partition coefficient (Wildman–Crippen LogP) is 4.46. The summed E-state index contributed by atoms with van der Waals surface area (Å²) in [7, 11) is 0. The zero-order valence-corrected chi connectivity index (χ0v) is 13.1. The minimum absolute atomic E-state index is 0.132. The zero-order chi connectivity index (χ0) is 14.8. The highest BCUT2D eigenvalue weighted by Crippen LogP contribution is 2.39. The third-order valence-corrected chi connectivity index (χ3v) is 5.05. The summed E-state index contributed by atoms with van der Waals surface area (Å²) in [6.07, 6.45) is 6.43. The lowest BCUT2D eigenvalue weighted by molar-refractivity contribution is 0.196. The van der Waals surface area contributed by atoms with Crippen LogP contribution in [0.3, 0.4) is 0 Å². The second-order valence-electron chi connectivity index (χ2n) is 6.54. The van der Waals surface area contributed by atoms with Crippen molar-refractivity contribution in [3.05, 3.63) is 35.6 Å². The van der Waals surface area contributed by atoms with E-state index in [4.69, 9.17) is 10.3 Å². The molecule has 2 aromatic rings. The Hall–Kier alpha value is -1.32. The molecule has 1 aliphatic carbocycles. The van der Waals surface area contributed by atoms with Gasteiger partial charge in [-0.05, 0) is 49.8 Å². The molecule has 0 amide bonds. The maximum absolute atomic E-state index is 6.06. The Balaban J connectivity index is 1.87. The van der Waals surface area contributed by atoms with Crippen molar-refractivity contribution in [2.75, 3.05) is 0 Å². The summed E-state index contributed by atoms with van der Waals surface area (Å²) in [5.41, 5.74) is 5.23. The lowest BCUT2D eigenvalue weighted by Crippen LogP contribution is -2.35. The monoisotopic (exact) mass is 286 g/mol. The fraction of sp³-hybridized carbons (Fsp3) is 0.556. The van der Waals surface area contributed by atoms with Gasteiger partial charge < -0.3 is 4.42 Å². The van der Waals surface area contributed by atoms with E-state index in [1.165, 1.54) is 43.1 Å². The average Bonchev–Trinajstić information content (AvgIpc) is 2.91. The van der Waals surface area contributed by atoms with Crippen LogP contribution in [0.2, 0.25) is 0 Å². The van der Waals surface area contributed by atoms with Crippen LogP contribution >= 0.6 is 0 Å². The van der Waals surface area contributed by atoms with Crippen molar-refractivity contribution < 1.29 is 4.42 Å². The van der Waals surface area contributed by atoms with Gasteiger partial charge in [0.15, 0.2) is 0 Å². The number of benzene rings is 1. The van der Waals surface area contributed by atoms with Crippen molar-refractivity contribution in [2.24, 2.45) is 17.7 Å². The molecule has 3 N–H and O–H groups in total. The van der Waals surface area contributed by atoms with E-state index in [9.17, 15) is 0 Å². The van der Waals surface area contributed by atoms with Crippen molar-refractivity contribution in [1.29, 1.82) is 0 Å². The molecule has 3 nitrogen and oxygen atoms in total. The fourth-order valence-corrected chi connectivity index (χ4v) is 3.79. The van der Waals surface area contributed by atoms with E-state index < -0.39 is 0 Å². The smallest absolute Gasteiger partial charge is 0.134 e. The Morgan fingerprint density at radius 2 is 2.19 bits per heavy atom. The summed E-state index contributed by atoms with van der Waals surface area (Å²) in [5.74, 6) is 8.27. The van der Waals surface area contributed by atoms with Gasteiger partial charge in [0.2, 0.25) is 0 Å². The maximum Gasteiger partial charge on any atom is 0.134 e. The van der Waals surface area contributed by atoms with Gasteiger partial charge in [0, 0.05) is 5.39 Å². The lowest BCUT2D eigenvalue weighted by atomic mass is 9.76. The molecule has 0 spiro atoms. The predicted molar refractivity (Wildman–Crippen MR) is 86.8 cm³/mol. The highest BCUT2D eigenvalue weighted by Gasteiger charge is 2.30. The normalized spacial score (nSPS) is 24.3. The van der Waals surface area contributed by atoms with Crippen molar-refractivity contribution >= 4 is 11.0 Å². The van der Waals surface area contributed by atoms with Gasteiger partial charge in [-0.25, -0.2) is 5.43 Å². The fourth-order valence-electron chi connectivity index (χ4n) is 3.79. The molecule has 1 aromatic heterocycles. The van der Waals surface area contributed by atoms with Crippen LogP contribution in [0.5, 0.6) is 0 Å². The van der Waals surface area contributed by atoms with Crippen LogP contribution in [0, 0.1) is 18.8 Å². The van der Waals surface area contributed by atoms with E-state index in [1.54, 1.807) is 0 Å². The molecule has 1 fully saturated rings. The molecule has 0 saturated heterocycles. The Kier molecular flexibility index (Phi) is 4.32. The summed E-state index contributed by atoms with van der Waals surface area (Å²) < 4.78 is 6.06. The van der Waals surface area contributed by atoms with Crippen LogP contribution < -0.4 is 11.3 Å². The third kappa shape index (κ3) is 2.99. The molecular weight excluding hydrogens is 260 g/mol. The van der Waals surface area contributed by atoms with Crippen LogP contribution in [0.15, 0.2) is 28.7 Å². The van der Waals surface area contributed by atoms with Gasteiger partial charge in [-0.1, -0.05) is 37.8 Å². The van der Waals surface area contributed by atoms with E-state index in [-0.39, 0.29) is 6.04 Å². The van der Waals surface area contributed by atoms with Crippen molar-refractivity contribution in [3.8, 4) is 0 Å². The van der Waals surface area contributed by atoms with E-state index in [0.29, 0.717) is 5.92 Å². The molecule has 0 aliphatic heterocycles. The van der Waals surface area contributed by atoms with Crippen molar-refractivity contribution in [2.45, 2.75) is 52.0 Å². The number of nitrogens with two attached hydrogens (primary N) is 1. The first-order valence-corrected chi connectivity index (χ1v) is 8.17. The maximum atomic E-state index is 6.06. The van der Waals surface area contributed by atoms with E-state index in [1.807, 2.05) is 0 Å². The number of fused-ring (bicyclic) bond motifs is 1. The highest BCUT2D eigenvalue weighted by molar-refractivity contribution is 5.78. The molecule has 21 heavy (non-hydrogen) atoms. The number of hydrogen-bond donors (Lipinski definition) is 2. The summed E-state index contributed by atoms with van der Waals surface area (Å²) in [5, 5.41) is 1.17. The van der Waals surface area contributed by atoms with Crippen LogP contribution in [-0.4, -0.2) is 0 Å². The number of rotatable bonds is 4. The molecule has 3 heteroatoms. The third-order valence-electron chi connectivity index (χ3n) is 5.05. The molecule has 1 aromatic carbocycles. The topological polar surface area (TPSA) is 51.2 Å². The number of furan rings is 1. The molecule has 114 valence electrons. The zero-order valence-electron chi connectivity index (χ0n) is 13.1. The average molecular weight is 286 g/mol. The summed E-state index contributed by atoms with van der Waals surface area (Å²) in [6, 6.07) is 8.60. The molecule has 3 rings (SSSR count). The Morgan fingerprint density at radius 1 is 1.33 bits per heavy atom. The van der Waals surface area contributed by atoms with E-state index in [0.717, 1.165) is 17.3 Å². The molecule has 1 heterocycles. The van der Waals surface area contributed by atoms with Gasteiger partial charge >= 0.3 is 0 Å². The van der Waals surface area contributed by atoms with Crippen molar-refractivity contribution in [3.63, 3.8) is 0 Å². The second kappa shape index (κ2) is 6.20. The second-order valence-corrected chi connectivity index (χ2v) is 6.54. The van der Waals surface area contributed by atoms with Crippen LogP contribution in [0.4, 0.5) is 0 Å². The number of nitrogens with one attached hydrogen (secondary N) is 1. The molecule has 3 atom stereocenters. The van der Waals surface area contributed by atoms with Gasteiger partial charge in [0.05, 0.1) is 6.04 Å². The largest absolute Gasteiger partial charge is 0.459 e. The molecule has 0 bridgehead atoms. The molecule has 0 radical (unpaired) electrons. The standard InChI is InChI=1S/C18H26N2O/c1-3-13-5-4-6-14(10-13)18(20-19)17-11-15-9-12(2)7-8-16(15)21-17/h7-9,11,13-14,18,20H,3-6,10,19H2,1-2H3. The summed E-state index contributed by atoms with van der Waals surface area (Å²) >= 11 is 0. The first-order chi connectivity index (χ1) is 10.2. The van der Waals surface area contributed by atoms with Gasteiger partial charge in [0.25, 0.3) is 0 Å². The van der Waals surface area contributed by atoms with Gasteiger partial charge in [-0.3, -0.25) is 5.84 Å².